The van der Waals surface area contributed by atoms with E-state index in [2.05, 4.69) is 16.2 Å². The van der Waals surface area contributed by atoms with Gasteiger partial charge in [0, 0.05) is 17.8 Å². The van der Waals surface area contributed by atoms with Crippen LogP contribution in [0.3, 0.4) is 0 Å². The number of pyridine rings is 1. The minimum absolute atomic E-state index is 0.148. The molecule has 2 heterocycles. The second-order valence-corrected chi connectivity index (χ2v) is 4.16. The third-order valence-corrected chi connectivity index (χ3v) is 2.94. The SMILES string of the molecule is N#Cc1cnc2ccccc2c1-n1ccc(C(N)=O)n1. The summed E-state index contributed by atoms with van der Waals surface area (Å²) < 4.78 is 1.47. The number of hydrogen-bond acceptors (Lipinski definition) is 4. The lowest BCUT2D eigenvalue weighted by molar-refractivity contribution is 0.0995. The molecule has 0 saturated heterocycles. The summed E-state index contributed by atoms with van der Waals surface area (Å²) in [6.45, 7) is 0. The van der Waals surface area contributed by atoms with Crippen molar-refractivity contribution in [2.24, 2.45) is 5.73 Å². The summed E-state index contributed by atoms with van der Waals surface area (Å²) in [5.74, 6) is -0.611. The Morgan fingerprint density at radius 3 is 2.80 bits per heavy atom. The summed E-state index contributed by atoms with van der Waals surface area (Å²) in [4.78, 5) is 15.4. The third-order valence-electron chi connectivity index (χ3n) is 2.94. The molecule has 0 unspecified atom stereocenters. The second kappa shape index (κ2) is 4.48. The molecule has 3 aromatic rings. The number of fused-ring (bicyclic) bond motifs is 1. The highest BCUT2D eigenvalue weighted by Crippen LogP contribution is 2.23. The average Bonchev–Trinajstić information content (AvgIpc) is 2.95. The molecule has 0 radical (unpaired) electrons. The van der Waals surface area contributed by atoms with E-state index < -0.39 is 5.91 Å². The minimum atomic E-state index is -0.611. The number of nitriles is 1. The lowest BCUT2D eigenvalue weighted by Crippen LogP contribution is -2.12. The molecule has 6 heteroatoms. The van der Waals surface area contributed by atoms with Crippen molar-refractivity contribution in [2.75, 3.05) is 0 Å². The zero-order valence-corrected chi connectivity index (χ0v) is 10.3. The van der Waals surface area contributed by atoms with Crippen LogP contribution in [0, 0.1) is 11.3 Å². The average molecular weight is 263 g/mol. The van der Waals surface area contributed by atoms with Crippen LogP contribution < -0.4 is 5.73 Å². The topological polar surface area (TPSA) is 97.6 Å². The third kappa shape index (κ3) is 1.78. The first-order valence-corrected chi connectivity index (χ1v) is 5.84. The van der Waals surface area contributed by atoms with Crippen LogP contribution in [0.1, 0.15) is 16.1 Å². The molecule has 6 nitrogen and oxygen atoms in total. The summed E-state index contributed by atoms with van der Waals surface area (Å²) in [5.41, 5.74) is 7.06. The number of primary amides is 1. The predicted molar refractivity (Wildman–Crippen MR) is 72.1 cm³/mol. The van der Waals surface area contributed by atoms with Crippen LogP contribution in [-0.4, -0.2) is 20.7 Å². The van der Waals surface area contributed by atoms with Gasteiger partial charge in [-0.2, -0.15) is 10.4 Å². The molecule has 0 bridgehead atoms. The Morgan fingerprint density at radius 1 is 1.30 bits per heavy atom. The van der Waals surface area contributed by atoms with Crippen LogP contribution in [-0.2, 0) is 0 Å². The van der Waals surface area contributed by atoms with Crippen molar-refractivity contribution in [3.05, 3.63) is 54.0 Å². The molecule has 2 aromatic heterocycles. The van der Waals surface area contributed by atoms with Gasteiger partial charge >= 0.3 is 0 Å². The van der Waals surface area contributed by atoms with Crippen LogP contribution in [0.5, 0.6) is 0 Å². The number of hydrogen-bond donors (Lipinski definition) is 1. The van der Waals surface area contributed by atoms with Gasteiger partial charge in [0.05, 0.1) is 16.8 Å². The number of benzene rings is 1. The maximum absolute atomic E-state index is 11.1. The number of para-hydroxylation sites is 1. The van der Waals surface area contributed by atoms with E-state index in [0.717, 1.165) is 10.9 Å². The zero-order valence-electron chi connectivity index (χ0n) is 10.3. The Labute approximate surface area is 114 Å². The van der Waals surface area contributed by atoms with Gasteiger partial charge in [0.15, 0.2) is 0 Å². The molecule has 2 N–H and O–H groups in total. The van der Waals surface area contributed by atoms with Crippen molar-refractivity contribution in [3.8, 4) is 11.8 Å². The smallest absolute Gasteiger partial charge is 0.269 e. The van der Waals surface area contributed by atoms with Gasteiger partial charge in [-0.1, -0.05) is 18.2 Å². The fourth-order valence-electron chi connectivity index (χ4n) is 2.04. The van der Waals surface area contributed by atoms with E-state index >= 15 is 0 Å². The van der Waals surface area contributed by atoms with Gasteiger partial charge in [-0.25, -0.2) is 4.68 Å². The normalized spacial score (nSPS) is 10.3. The fourth-order valence-corrected chi connectivity index (χ4v) is 2.04. The van der Waals surface area contributed by atoms with E-state index in [1.165, 1.54) is 16.9 Å². The predicted octanol–water partition coefficient (Wildman–Crippen LogP) is 1.39. The first kappa shape index (κ1) is 11.9. The molecule has 0 aliphatic carbocycles. The molecule has 1 amide bonds. The molecule has 0 aliphatic rings. The van der Waals surface area contributed by atoms with Crippen LogP contribution in [0.4, 0.5) is 0 Å². The van der Waals surface area contributed by atoms with Gasteiger partial charge < -0.3 is 5.73 Å². The van der Waals surface area contributed by atoms with Crippen molar-refractivity contribution in [2.45, 2.75) is 0 Å². The van der Waals surface area contributed by atoms with Crippen LogP contribution in [0.25, 0.3) is 16.6 Å². The highest BCUT2D eigenvalue weighted by atomic mass is 16.1. The number of rotatable bonds is 2. The molecular weight excluding hydrogens is 254 g/mol. The second-order valence-electron chi connectivity index (χ2n) is 4.16. The molecule has 0 saturated carbocycles. The van der Waals surface area contributed by atoms with Crippen LogP contribution >= 0.6 is 0 Å². The van der Waals surface area contributed by atoms with Crippen molar-refractivity contribution in [1.29, 1.82) is 5.26 Å². The summed E-state index contributed by atoms with van der Waals surface area (Å²) in [7, 11) is 0. The first-order chi connectivity index (χ1) is 9.70. The molecule has 96 valence electrons. The molecule has 0 aliphatic heterocycles. The maximum Gasteiger partial charge on any atom is 0.269 e. The highest BCUT2D eigenvalue weighted by Gasteiger charge is 2.13. The van der Waals surface area contributed by atoms with Crippen molar-refractivity contribution < 1.29 is 4.79 Å². The Hall–Kier alpha value is -3.20. The number of nitrogens with two attached hydrogens (primary N) is 1. The number of nitrogens with zero attached hydrogens (tertiary/aromatic N) is 4. The minimum Gasteiger partial charge on any atom is -0.364 e. The van der Waals surface area contributed by atoms with E-state index in [-0.39, 0.29) is 5.69 Å². The van der Waals surface area contributed by atoms with Gasteiger partial charge in [-0.3, -0.25) is 9.78 Å². The summed E-state index contributed by atoms with van der Waals surface area (Å²) >= 11 is 0. The summed E-state index contributed by atoms with van der Waals surface area (Å²) in [6.07, 6.45) is 3.09. The van der Waals surface area contributed by atoms with Crippen molar-refractivity contribution in [1.82, 2.24) is 14.8 Å². The fraction of sp³-hybridized carbons (Fsp3) is 0. The van der Waals surface area contributed by atoms with Gasteiger partial charge in [0.1, 0.15) is 11.8 Å². The Bertz CT molecular complexity index is 859. The van der Waals surface area contributed by atoms with E-state index in [9.17, 15) is 10.1 Å². The van der Waals surface area contributed by atoms with Crippen LogP contribution in [0.15, 0.2) is 42.7 Å². The van der Waals surface area contributed by atoms with E-state index in [0.29, 0.717) is 11.3 Å². The summed E-state index contributed by atoms with van der Waals surface area (Å²) in [5, 5.41) is 14.1. The molecule has 20 heavy (non-hydrogen) atoms. The quantitative estimate of drug-likeness (QED) is 0.755. The van der Waals surface area contributed by atoms with Crippen molar-refractivity contribution in [3.63, 3.8) is 0 Å². The van der Waals surface area contributed by atoms with Gasteiger partial charge in [0.2, 0.25) is 0 Å². The van der Waals surface area contributed by atoms with Gasteiger partial charge in [0.25, 0.3) is 5.91 Å². The van der Waals surface area contributed by atoms with E-state index in [1.807, 2.05) is 24.3 Å². The largest absolute Gasteiger partial charge is 0.364 e. The Morgan fingerprint density at radius 2 is 2.10 bits per heavy atom. The van der Waals surface area contributed by atoms with Gasteiger partial charge in [-0.05, 0) is 12.1 Å². The lowest BCUT2D eigenvalue weighted by atomic mass is 10.1. The molecular formula is C14H9N5O. The Balaban J connectivity index is 2.33. The van der Waals surface area contributed by atoms with Crippen molar-refractivity contribution >= 4 is 16.8 Å². The monoisotopic (exact) mass is 263 g/mol. The first-order valence-electron chi connectivity index (χ1n) is 5.84. The van der Waals surface area contributed by atoms with Gasteiger partial charge in [-0.15, -0.1) is 0 Å². The highest BCUT2D eigenvalue weighted by molar-refractivity contribution is 5.92. The standard InChI is InChI=1S/C14H9N5O/c15-7-9-8-17-11-4-2-1-3-10(11)13(9)19-6-5-12(18-19)14(16)20/h1-6,8H,(H2,16,20). The maximum atomic E-state index is 11.1. The number of aromatic nitrogens is 3. The molecule has 1 aromatic carbocycles. The molecule has 0 spiro atoms. The molecule has 3 rings (SSSR count). The van der Waals surface area contributed by atoms with E-state index in [4.69, 9.17) is 5.73 Å². The Kier molecular flexibility index (Phi) is 2.66. The van der Waals surface area contributed by atoms with Crippen LogP contribution in [0.2, 0.25) is 0 Å². The summed E-state index contributed by atoms with van der Waals surface area (Å²) in [6, 6.07) is 11.0. The zero-order chi connectivity index (χ0) is 14.1. The lowest BCUT2D eigenvalue weighted by Gasteiger charge is -2.07. The molecule has 0 atom stereocenters. The number of carbonyl (C=O) groups is 1. The number of amides is 1. The molecule has 0 fully saturated rings. The number of carbonyl (C=O) groups excluding carboxylic acids is 1. The van der Waals surface area contributed by atoms with E-state index in [1.54, 1.807) is 6.20 Å².